The third-order valence-corrected chi connectivity index (χ3v) is 2.49. The van der Waals surface area contributed by atoms with Crippen molar-refractivity contribution in [2.45, 2.75) is 26.6 Å². The van der Waals surface area contributed by atoms with Crippen molar-refractivity contribution in [2.75, 3.05) is 25.6 Å². The van der Waals surface area contributed by atoms with Crippen LogP contribution in [0.2, 0.25) is 0 Å². The summed E-state index contributed by atoms with van der Waals surface area (Å²) in [6, 6.07) is 0. The van der Waals surface area contributed by atoms with Gasteiger partial charge in [0.2, 0.25) is 0 Å². The molecule has 0 unspecified atom stereocenters. The molecule has 0 aromatic carbocycles. The van der Waals surface area contributed by atoms with Crippen LogP contribution in [0.3, 0.4) is 0 Å². The van der Waals surface area contributed by atoms with Gasteiger partial charge in [0.15, 0.2) is 5.82 Å². The minimum absolute atomic E-state index is 0.451. The molecule has 0 aliphatic carbocycles. The van der Waals surface area contributed by atoms with Gasteiger partial charge in [0.25, 0.3) is 0 Å². The molecule has 0 saturated carbocycles. The van der Waals surface area contributed by atoms with Gasteiger partial charge in [-0.3, -0.25) is 0 Å². The Hall–Kier alpha value is -1.20. The summed E-state index contributed by atoms with van der Waals surface area (Å²) in [4.78, 5) is 8.93. The first-order chi connectivity index (χ1) is 7.85. The zero-order chi connectivity index (χ0) is 11.4. The van der Waals surface area contributed by atoms with Gasteiger partial charge in [-0.15, -0.1) is 0 Å². The third kappa shape index (κ3) is 2.31. The molecule has 0 spiro atoms. The number of ether oxygens (including phenoxy) is 2. The van der Waals surface area contributed by atoms with E-state index in [4.69, 9.17) is 9.47 Å². The number of fused-ring (bicyclic) bond motifs is 1. The van der Waals surface area contributed by atoms with E-state index in [2.05, 4.69) is 15.3 Å². The van der Waals surface area contributed by atoms with E-state index < -0.39 is 0 Å². The number of methoxy groups -OCH3 is 1. The highest BCUT2D eigenvalue weighted by atomic mass is 16.5. The van der Waals surface area contributed by atoms with Gasteiger partial charge in [-0.05, 0) is 6.92 Å². The molecule has 1 N–H and O–H groups in total. The topological polar surface area (TPSA) is 56.3 Å². The normalized spacial score (nSPS) is 14.6. The summed E-state index contributed by atoms with van der Waals surface area (Å²) in [5.74, 6) is 1.62. The first-order valence-electron chi connectivity index (χ1n) is 5.54. The quantitative estimate of drug-likeness (QED) is 0.829. The smallest absolute Gasteiger partial charge is 0.156 e. The summed E-state index contributed by atoms with van der Waals surface area (Å²) in [6.45, 7) is 4.68. The van der Waals surface area contributed by atoms with Crippen molar-refractivity contribution >= 4 is 5.82 Å². The zero-order valence-electron chi connectivity index (χ0n) is 9.75. The Labute approximate surface area is 95.2 Å². The summed E-state index contributed by atoms with van der Waals surface area (Å²) >= 11 is 0. The molecule has 0 saturated heterocycles. The first kappa shape index (κ1) is 11.3. The van der Waals surface area contributed by atoms with Crippen LogP contribution in [0.15, 0.2) is 0 Å². The first-order valence-corrected chi connectivity index (χ1v) is 5.54. The van der Waals surface area contributed by atoms with E-state index in [0.717, 1.165) is 42.5 Å². The second-order valence-electron chi connectivity index (χ2n) is 3.68. The van der Waals surface area contributed by atoms with Crippen LogP contribution in [0, 0.1) is 0 Å². The average molecular weight is 223 g/mol. The van der Waals surface area contributed by atoms with Crippen LogP contribution >= 0.6 is 0 Å². The molecular weight excluding hydrogens is 206 g/mol. The Bertz CT molecular complexity index is 368. The van der Waals surface area contributed by atoms with Crippen molar-refractivity contribution in [3.63, 3.8) is 0 Å². The van der Waals surface area contributed by atoms with Gasteiger partial charge in [-0.2, -0.15) is 0 Å². The van der Waals surface area contributed by atoms with Crippen LogP contribution in [0.25, 0.3) is 0 Å². The van der Waals surface area contributed by atoms with Crippen molar-refractivity contribution in [1.29, 1.82) is 0 Å². The van der Waals surface area contributed by atoms with Gasteiger partial charge >= 0.3 is 0 Å². The fourth-order valence-corrected chi connectivity index (χ4v) is 1.79. The highest BCUT2D eigenvalue weighted by Gasteiger charge is 2.17. The van der Waals surface area contributed by atoms with Gasteiger partial charge in [0.1, 0.15) is 12.4 Å². The molecule has 5 nitrogen and oxygen atoms in total. The van der Waals surface area contributed by atoms with Gasteiger partial charge in [0.05, 0.1) is 18.9 Å². The number of nitrogens with one attached hydrogen (secondary N) is 1. The van der Waals surface area contributed by atoms with Crippen LogP contribution in [-0.2, 0) is 29.1 Å². The van der Waals surface area contributed by atoms with Crippen molar-refractivity contribution in [3.8, 4) is 0 Å². The van der Waals surface area contributed by atoms with Crippen LogP contribution < -0.4 is 5.32 Å². The predicted molar refractivity (Wildman–Crippen MR) is 60.3 cm³/mol. The molecule has 0 amide bonds. The van der Waals surface area contributed by atoms with E-state index in [1.165, 1.54) is 0 Å². The van der Waals surface area contributed by atoms with E-state index in [1.54, 1.807) is 7.11 Å². The molecular formula is C11H17N3O2. The maximum atomic E-state index is 5.43. The van der Waals surface area contributed by atoms with Crippen LogP contribution in [-0.4, -0.2) is 30.2 Å². The number of nitrogens with zero attached hydrogens (tertiary/aromatic N) is 2. The van der Waals surface area contributed by atoms with E-state index >= 15 is 0 Å². The number of aromatic nitrogens is 2. The summed E-state index contributed by atoms with van der Waals surface area (Å²) in [5.41, 5.74) is 2.18. The fourth-order valence-electron chi connectivity index (χ4n) is 1.79. The van der Waals surface area contributed by atoms with E-state index in [1.807, 2.05) is 6.92 Å². The number of rotatable bonds is 4. The monoisotopic (exact) mass is 223 g/mol. The van der Waals surface area contributed by atoms with E-state index in [-0.39, 0.29) is 0 Å². The molecule has 1 aliphatic rings. The third-order valence-electron chi connectivity index (χ3n) is 2.49. The van der Waals surface area contributed by atoms with Gasteiger partial charge in [0, 0.05) is 25.6 Å². The van der Waals surface area contributed by atoms with Crippen molar-refractivity contribution < 1.29 is 9.47 Å². The van der Waals surface area contributed by atoms with Crippen LogP contribution in [0.1, 0.15) is 24.0 Å². The van der Waals surface area contributed by atoms with Crippen molar-refractivity contribution in [3.05, 3.63) is 17.1 Å². The maximum absolute atomic E-state index is 5.43. The average Bonchev–Trinajstić information content (AvgIpc) is 2.30. The maximum Gasteiger partial charge on any atom is 0.156 e. The van der Waals surface area contributed by atoms with Gasteiger partial charge in [-0.25, -0.2) is 9.97 Å². The number of hydrogen-bond acceptors (Lipinski definition) is 5. The Kier molecular flexibility index (Phi) is 3.69. The molecule has 1 aromatic rings. The molecule has 0 radical (unpaired) electrons. The number of anilines is 1. The lowest BCUT2D eigenvalue weighted by atomic mass is 10.1. The molecule has 2 heterocycles. The Morgan fingerprint density at radius 3 is 3.06 bits per heavy atom. The molecule has 0 bridgehead atoms. The molecule has 0 fully saturated rings. The molecule has 88 valence electrons. The Morgan fingerprint density at radius 1 is 1.44 bits per heavy atom. The summed E-state index contributed by atoms with van der Waals surface area (Å²) < 4.78 is 10.5. The van der Waals surface area contributed by atoms with Crippen LogP contribution in [0.4, 0.5) is 5.82 Å². The van der Waals surface area contributed by atoms with Crippen molar-refractivity contribution in [1.82, 2.24) is 9.97 Å². The van der Waals surface area contributed by atoms with Crippen LogP contribution in [0.5, 0.6) is 0 Å². The van der Waals surface area contributed by atoms with Gasteiger partial charge in [-0.1, -0.05) is 0 Å². The van der Waals surface area contributed by atoms with E-state index in [9.17, 15) is 0 Å². The lowest BCUT2D eigenvalue weighted by Gasteiger charge is -2.19. The summed E-state index contributed by atoms with van der Waals surface area (Å²) in [6.07, 6.45) is 0.854. The number of hydrogen-bond donors (Lipinski definition) is 1. The molecule has 0 atom stereocenters. The standard InChI is InChI=1S/C11H17N3O2/c1-3-12-11-8-6-16-5-4-9(8)13-10(14-11)7-15-2/h3-7H2,1-2H3,(H,12,13,14). The summed E-state index contributed by atoms with van der Waals surface area (Å²) in [7, 11) is 1.65. The SMILES string of the molecule is CCNc1nc(COC)nc2c1COCC2. The van der Waals surface area contributed by atoms with E-state index in [0.29, 0.717) is 13.2 Å². The lowest BCUT2D eigenvalue weighted by Crippen LogP contribution is -2.18. The van der Waals surface area contributed by atoms with Gasteiger partial charge < -0.3 is 14.8 Å². The highest BCUT2D eigenvalue weighted by Crippen LogP contribution is 2.22. The summed E-state index contributed by atoms with van der Waals surface area (Å²) in [5, 5.41) is 3.25. The predicted octanol–water partition coefficient (Wildman–Crippen LogP) is 1.13. The minimum Gasteiger partial charge on any atom is -0.377 e. The fraction of sp³-hybridized carbons (Fsp3) is 0.636. The molecule has 16 heavy (non-hydrogen) atoms. The highest BCUT2D eigenvalue weighted by molar-refractivity contribution is 5.47. The molecule has 5 heteroatoms. The second kappa shape index (κ2) is 5.23. The largest absolute Gasteiger partial charge is 0.377 e. The van der Waals surface area contributed by atoms with Crippen molar-refractivity contribution in [2.24, 2.45) is 0 Å². The lowest BCUT2D eigenvalue weighted by molar-refractivity contribution is 0.108. The molecule has 1 aliphatic heterocycles. The zero-order valence-corrected chi connectivity index (χ0v) is 9.75. The molecule has 1 aromatic heterocycles. The second-order valence-corrected chi connectivity index (χ2v) is 3.68. The minimum atomic E-state index is 0.451. The Morgan fingerprint density at radius 2 is 2.31 bits per heavy atom. The molecule has 2 rings (SSSR count). The Balaban J connectivity index is 2.35.